The highest BCUT2D eigenvalue weighted by Crippen LogP contribution is 2.33. The van der Waals surface area contributed by atoms with Gasteiger partial charge in [-0.15, -0.1) is 0 Å². The van der Waals surface area contributed by atoms with Gasteiger partial charge in [-0.1, -0.05) is 36.4 Å². The summed E-state index contributed by atoms with van der Waals surface area (Å²) in [7, 11) is -10.2. The van der Waals surface area contributed by atoms with Crippen LogP contribution in [0.3, 0.4) is 0 Å². The minimum atomic E-state index is -5.10. The maximum atomic E-state index is 13.4. The van der Waals surface area contributed by atoms with E-state index < -0.39 is 39.3 Å². The summed E-state index contributed by atoms with van der Waals surface area (Å²) in [6.07, 6.45) is 2.77. The molecule has 2 amide bonds. The molecular formula is C24H18N4O6S2. The second-order valence-corrected chi connectivity index (χ2v) is 12.6. The normalized spacial score (nSPS) is 11.4. The molecule has 0 saturated heterocycles. The first kappa shape index (κ1) is 24.7. The van der Waals surface area contributed by atoms with Crippen LogP contribution >= 0.6 is 0 Å². The van der Waals surface area contributed by atoms with E-state index in [-0.39, 0.29) is 22.8 Å². The highest BCUT2D eigenvalue weighted by molar-refractivity contribution is 8.67. The fourth-order valence-corrected chi connectivity index (χ4v) is 7.21. The van der Waals surface area contributed by atoms with Crippen molar-refractivity contribution in [3.63, 3.8) is 0 Å². The molecule has 2 aromatic carbocycles. The van der Waals surface area contributed by atoms with Crippen molar-refractivity contribution in [3.05, 3.63) is 109 Å². The van der Waals surface area contributed by atoms with Gasteiger partial charge < -0.3 is 10.6 Å². The largest absolute Gasteiger partial charge is 0.319 e. The Morgan fingerprint density at radius 3 is 1.25 bits per heavy atom. The number of amides is 2. The highest BCUT2D eigenvalue weighted by atomic mass is 33.2. The number of nitrogens with zero attached hydrogens (tertiary/aromatic N) is 2. The molecule has 0 aliphatic carbocycles. The highest BCUT2D eigenvalue weighted by Gasteiger charge is 2.37. The number of pyridine rings is 2. The van der Waals surface area contributed by atoms with Gasteiger partial charge >= 0.3 is 0 Å². The zero-order chi connectivity index (χ0) is 25.8. The van der Waals surface area contributed by atoms with Crippen molar-refractivity contribution in [1.29, 1.82) is 0 Å². The van der Waals surface area contributed by atoms with Gasteiger partial charge in [-0.3, -0.25) is 19.6 Å². The van der Waals surface area contributed by atoms with Crippen LogP contribution in [0, 0.1) is 0 Å². The molecule has 0 aliphatic rings. The molecule has 10 nitrogen and oxygen atoms in total. The summed E-state index contributed by atoms with van der Waals surface area (Å²) in [4.78, 5) is 31.6. The Morgan fingerprint density at radius 1 is 0.528 bits per heavy atom. The third kappa shape index (κ3) is 4.85. The summed E-state index contributed by atoms with van der Waals surface area (Å²) in [5.74, 6) is -1.45. The quantitative estimate of drug-likeness (QED) is 0.351. The molecule has 0 atom stereocenters. The van der Waals surface area contributed by atoms with Crippen LogP contribution < -0.4 is 10.6 Å². The third-order valence-corrected chi connectivity index (χ3v) is 10.1. The monoisotopic (exact) mass is 522 g/mol. The summed E-state index contributed by atoms with van der Waals surface area (Å²) in [6, 6.07) is 19.4. The van der Waals surface area contributed by atoms with Crippen molar-refractivity contribution in [2.24, 2.45) is 0 Å². The fourth-order valence-electron chi connectivity index (χ4n) is 3.18. The topological polar surface area (TPSA) is 152 Å². The van der Waals surface area contributed by atoms with Crippen LogP contribution in [0.1, 0.15) is 21.0 Å². The number of benzene rings is 2. The summed E-state index contributed by atoms with van der Waals surface area (Å²) in [5.41, 5.74) is -0.469. The number of anilines is 2. The van der Waals surface area contributed by atoms with Crippen LogP contribution in [0.5, 0.6) is 0 Å². The molecule has 0 unspecified atom stereocenters. The second kappa shape index (κ2) is 10.1. The van der Waals surface area contributed by atoms with E-state index in [0.29, 0.717) is 0 Å². The number of nitrogens with one attached hydrogen (secondary N) is 2. The van der Waals surface area contributed by atoms with E-state index in [1.54, 1.807) is 24.3 Å². The van der Waals surface area contributed by atoms with Gasteiger partial charge in [0.05, 0.1) is 11.4 Å². The average molecular weight is 523 g/mol. The van der Waals surface area contributed by atoms with Gasteiger partial charge in [-0.25, -0.2) is 16.8 Å². The number of carbonyl (C=O) groups excluding carboxylic acids is 2. The Kier molecular flexibility index (Phi) is 6.90. The lowest BCUT2D eigenvalue weighted by Gasteiger charge is -2.14. The van der Waals surface area contributed by atoms with Gasteiger partial charge in [0.2, 0.25) is 0 Å². The molecule has 4 aromatic rings. The van der Waals surface area contributed by atoms with E-state index >= 15 is 0 Å². The lowest BCUT2D eigenvalue weighted by atomic mass is 10.3. The predicted molar refractivity (Wildman–Crippen MR) is 132 cm³/mol. The zero-order valence-corrected chi connectivity index (χ0v) is 20.0. The molecule has 2 heterocycles. The Bertz CT molecular complexity index is 1520. The van der Waals surface area contributed by atoms with Gasteiger partial charge in [0, 0.05) is 12.4 Å². The molecule has 0 bridgehead atoms. The summed E-state index contributed by atoms with van der Waals surface area (Å²) >= 11 is 0. The molecular weight excluding hydrogens is 504 g/mol. The SMILES string of the molecule is O=C(Nc1ccccc1S(=O)(=O)S(=O)(=O)c1ccccc1NC(=O)c1ccccn1)c1ccccn1. The molecule has 0 radical (unpaired) electrons. The lowest BCUT2D eigenvalue weighted by molar-refractivity contribution is 0.101. The molecule has 0 spiro atoms. The van der Waals surface area contributed by atoms with Crippen LogP contribution in [0.15, 0.2) is 107 Å². The number of aromatic nitrogens is 2. The summed E-state index contributed by atoms with van der Waals surface area (Å²) < 4.78 is 53.7. The lowest BCUT2D eigenvalue weighted by Crippen LogP contribution is -2.22. The molecule has 0 aliphatic heterocycles. The van der Waals surface area contributed by atoms with Crippen molar-refractivity contribution in [2.75, 3.05) is 10.6 Å². The first-order chi connectivity index (χ1) is 17.2. The molecule has 12 heteroatoms. The Morgan fingerprint density at radius 2 is 0.889 bits per heavy atom. The van der Waals surface area contributed by atoms with Crippen molar-refractivity contribution in [1.82, 2.24) is 9.97 Å². The standard InChI is InChI=1S/C24H18N4O6S2/c29-23(19-11-5-7-15-25-19)27-17-9-1-3-13-21(17)35(31,32)36(33,34)22-14-4-2-10-18(22)28-24(30)20-12-6-8-16-26-20/h1-16H,(H,27,29)(H,28,30). The first-order valence-corrected chi connectivity index (χ1v) is 13.8. The van der Waals surface area contributed by atoms with E-state index in [4.69, 9.17) is 0 Å². The number of para-hydroxylation sites is 2. The van der Waals surface area contributed by atoms with Crippen LogP contribution in [-0.2, 0) is 17.7 Å². The van der Waals surface area contributed by atoms with Gasteiger partial charge in [0.1, 0.15) is 21.2 Å². The van der Waals surface area contributed by atoms with Crippen molar-refractivity contribution in [2.45, 2.75) is 9.79 Å². The van der Waals surface area contributed by atoms with Gasteiger partial charge in [0.25, 0.3) is 29.6 Å². The van der Waals surface area contributed by atoms with Crippen molar-refractivity contribution >= 4 is 40.9 Å². The molecule has 2 N–H and O–H groups in total. The number of hydrogen-bond acceptors (Lipinski definition) is 8. The van der Waals surface area contributed by atoms with E-state index in [9.17, 15) is 26.4 Å². The van der Waals surface area contributed by atoms with Crippen molar-refractivity contribution < 1.29 is 26.4 Å². The average Bonchev–Trinajstić information content (AvgIpc) is 2.90. The van der Waals surface area contributed by atoms with E-state index in [1.165, 1.54) is 60.9 Å². The number of carbonyl (C=O) groups is 2. The van der Waals surface area contributed by atoms with Crippen LogP contribution in [0.4, 0.5) is 11.4 Å². The molecule has 2 aromatic heterocycles. The van der Waals surface area contributed by atoms with E-state index in [2.05, 4.69) is 20.6 Å². The number of hydrogen-bond donors (Lipinski definition) is 2. The minimum Gasteiger partial charge on any atom is -0.319 e. The van der Waals surface area contributed by atoms with Gasteiger partial charge in [0.15, 0.2) is 0 Å². The van der Waals surface area contributed by atoms with E-state index in [1.807, 2.05) is 0 Å². The van der Waals surface area contributed by atoms with Gasteiger partial charge in [-0.05, 0) is 48.5 Å². The van der Waals surface area contributed by atoms with Gasteiger partial charge in [-0.2, -0.15) is 0 Å². The van der Waals surface area contributed by atoms with Crippen LogP contribution in [0.2, 0.25) is 0 Å². The maximum absolute atomic E-state index is 13.4. The van der Waals surface area contributed by atoms with Crippen LogP contribution in [0.25, 0.3) is 0 Å². The predicted octanol–water partition coefficient (Wildman–Crippen LogP) is 3.14. The molecule has 4 rings (SSSR count). The molecule has 182 valence electrons. The minimum absolute atomic E-state index is 0.00939. The molecule has 36 heavy (non-hydrogen) atoms. The number of rotatable bonds is 7. The Hall–Kier alpha value is -4.42. The van der Waals surface area contributed by atoms with Crippen LogP contribution in [-0.4, -0.2) is 38.6 Å². The summed E-state index contributed by atoms with van der Waals surface area (Å²) in [6.45, 7) is 0. The fraction of sp³-hybridized carbons (Fsp3) is 0. The Labute approximate surface area is 206 Å². The molecule has 0 fully saturated rings. The first-order valence-electron chi connectivity index (χ1n) is 10.3. The second-order valence-electron chi connectivity index (χ2n) is 7.24. The Balaban J connectivity index is 1.72. The maximum Gasteiger partial charge on any atom is 0.288 e. The zero-order valence-electron chi connectivity index (χ0n) is 18.4. The summed E-state index contributed by atoms with van der Waals surface area (Å²) in [5, 5.41) is 4.80. The third-order valence-electron chi connectivity index (χ3n) is 4.89. The van der Waals surface area contributed by atoms with E-state index in [0.717, 1.165) is 12.1 Å². The molecule has 0 saturated carbocycles. The smallest absolute Gasteiger partial charge is 0.288 e. The van der Waals surface area contributed by atoms with Crippen molar-refractivity contribution in [3.8, 4) is 0 Å².